The third-order valence-corrected chi connectivity index (χ3v) is 1.74. The molecule has 0 unspecified atom stereocenters. The number of aryl methyl sites for hydroxylation is 1. The first kappa shape index (κ1) is 14.8. The van der Waals surface area contributed by atoms with E-state index in [9.17, 15) is 0 Å². The molecule has 4 nitrogen and oxygen atoms in total. The Balaban J connectivity index is 0.00000106. The summed E-state index contributed by atoms with van der Waals surface area (Å²) in [6.45, 7) is 7.64. The fourth-order valence-corrected chi connectivity index (χ4v) is 1.000. The SMILES string of the molecule is CC.Cc1cnc(OCCCN(C)C)nc1. The van der Waals surface area contributed by atoms with Gasteiger partial charge in [-0.05, 0) is 33.0 Å². The van der Waals surface area contributed by atoms with Crippen LogP contribution in [0.1, 0.15) is 25.8 Å². The molecule has 0 spiro atoms. The number of ether oxygens (including phenoxy) is 1. The van der Waals surface area contributed by atoms with Crippen molar-refractivity contribution in [2.24, 2.45) is 0 Å². The number of rotatable bonds is 5. The van der Waals surface area contributed by atoms with Crippen LogP contribution >= 0.6 is 0 Å². The molecule has 4 heteroatoms. The Morgan fingerprint density at radius 1 is 1.19 bits per heavy atom. The van der Waals surface area contributed by atoms with E-state index in [-0.39, 0.29) is 0 Å². The minimum Gasteiger partial charge on any atom is -0.463 e. The average molecular weight is 225 g/mol. The van der Waals surface area contributed by atoms with Crippen molar-refractivity contribution in [3.63, 3.8) is 0 Å². The predicted octanol–water partition coefficient (Wildman–Crippen LogP) is 2.14. The van der Waals surface area contributed by atoms with Crippen LogP contribution in [0.2, 0.25) is 0 Å². The summed E-state index contributed by atoms with van der Waals surface area (Å²) in [5, 5.41) is 0. The summed E-state index contributed by atoms with van der Waals surface area (Å²) in [7, 11) is 4.09. The van der Waals surface area contributed by atoms with Crippen LogP contribution in [0.25, 0.3) is 0 Å². The summed E-state index contributed by atoms with van der Waals surface area (Å²) in [4.78, 5) is 10.2. The van der Waals surface area contributed by atoms with E-state index in [1.807, 2.05) is 34.9 Å². The Morgan fingerprint density at radius 3 is 2.25 bits per heavy atom. The van der Waals surface area contributed by atoms with Gasteiger partial charge >= 0.3 is 6.01 Å². The van der Waals surface area contributed by atoms with Gasteiger partial charge in [0.15, 0.2) is 0 Å². The maximum absolute atomic E-state index is 5.36. The van der Waals surface area contributed by atoms with Crippen molar-refractivity contribution >= 4 is 0 Å². The van der Waals surface area contributed by atoms with Crippen molar-refractivity contribution < 1.29 is 4.74 Å². The molecule has 0 aliphatic rings. The smallest absolute Gasteiger partial charge is 0.316 e. The molecule has 0 aromatic carbocycles. The molecule has 1 rings (SSSR count). The van der Waals surface area contributed by atoms with Gasteiger partial charge in [0.25, 0.3) is 0 Å². The highest BCUT2D eigenvalue weighted by Gasteiger charge is 1.96. The van der Waals surface area contributed by atoms with Gasteiger partial charge in [-0.25, -0.2) is 9.97 Å². The highest BCUT2D eigenvalue weighted by molar-refractivity contribution is 5.04. The molecule has 92 valence electrons. The normalized spacial score (nSPS) is 9.62. The Bertz CT molecular complexity index is 259. The molecule has 1 heterocycles. The second kappa shape index (κ2) is 9.09. The Morgan fingerprint density at radius 2 is 1.75 bits per heavy atom. The van der Waals surface area contributed by atoms with E-state index in [1.54, 1.807) is 12.4 Å². The second-order valence-corrected chi connectivity index (χ2v) is 3.55. The van der Waals surface area contributed by atoms with Gasteiger partial charge < -0.3 is 9.64 Å². The zero-order valence-electron chi connectivity index (χ0n) is 11.0. The Hall–Kier alpha value is -1.16. The van der Waals surface area contributed by atoms with Crippen molar-refractivity contribution in [3.05, 3.63) is 18.0 Å². The molecule has 0 fully saturated rings. The fourth-order valence-electron chi connectivity index (χ4n) is 1.000. The largest absolute Gasteiger partial charge is 0.463 e. The van der Waals surface area contributed by atoms with E-state index >= 15 is 0 Å². The number of nitrogens with zero attached hydrogens (tertiary/aromatic N) is 3. The van der Waals surface area contributed by atoms with Gasteiger partial charge in [-0.2, -0.15) is 0 Å². The van der Waals surface area contributed by atoms with E-state index in [2.05, 4.69) is 14.9 Å². The van der Waals surface area contributed by atoms with Crippen LogP contribution < -0.4 is 4.74 Å². The van der Waals surface area contributed by atoms with Gasteiger partial charge in [-0.15, -0.1) is 0 Å². The first-order valence-electron chi connectivity index (χ1n) is 5.74. The van der Waals surface area contributed by atoms with E-state index in [1.165, 1.54) is 0 Å². The molecule has 0 N–H and O–H groups in total. The summed E-state index contributed by atoms with van der Waals surface area (Å²) in [6, 6.07) is 0.467. The zero-order valence-corrected chi connectivity index (χ0v) is 11.0. The first-order chi connectivity index (χ1) is 7.68. The molecular weight excluding hydrogens is 202 g/mol. The fraction of sp³-hybridized carbons (Fsp3) is 0.667. The monoisotopic (exact) mass is 225 g/mol. The summed E-state index contributed by atoms with van der Waals surface area (Å²) < 4.78 is 5.36. The van der Waals surface area contributed by atoms with Crippen LogP contribution in [-0.4, -0.2) is 42.1 Å². The maximum atomic E-state index is 5.36. The molecule has 16 heavy (non-hydrogen) atoms. The molecule has 0 saturated carbocycles. The molecule has 0 aliphatic carbocycles. The van der Waals surface area contributed by atoms with E-state index < -0.39 is 0 Å². The molecule has 0 amide bonds. The summed E-state index contributed by atoms with van der Waals surface area (Å²) in [5.41, 5.74) is 1.05. The third kappa shape index (κ3) is 7.17. The van der Waals surface area contributed by atoms with Crippen molar-refractivity contribution in [3.8, 4) is 6.01 Å². The van der Waals surface area contributed by atoms with Gasteiger partial charge in [0.05, 0.1) is 6.61 Å². The number of hydrogen-bond acceptors (Lipinski definition) is 4. The lowest BCUT2D eigenvalue weighted by Gasteiger charge is -2.09. The number of hydrogen-bond donors (Lipinski definition) is 0. The number of aromatic nitrogens is 2. The molecule has 0 aliphatic heterocycles. The summed E-state index contributed by atoms with van der Waals surface area (Å²) in [5.74, 6) is 0. The topological polar surface area (TPSA) is 38.2 Å². The Labute approximate surface area is 98.7 Å². The van der Waals surface area contributed by atoms with Gasteiger partial charge in [-0.3, -0.25) is 0 Å². The maximum Gasteiger partial charge on any atom is 0.316 e. The predicted molar refractivity (Wildman–Crippen MR) is 66.8 cm³/mol. The highest BCUT2D eigenvalue weighted by Crippen LogP contribution is 2.01. The molecular formula is C12H23N3O. The van der Waals surface area contributed by atoms with Gasteiger partial charge in [0.2, 0.25) is 0 Å². The van der Waals surface area contributed by atoms with Gasteiger partial charge in [0, 0.05) is 18.9 Å². The lowest BCUT2D eigenvalue weighted by Crippen LogP contribution is -2.15. The molecule has 1 aromatic heterocycles. The van der Waals surface area contributed by atoms with Crippen molar-refractivity contribution in [1.29, 1.82) is 0 Å². The van der Waals surface area contributed by atoms with E-state index in [0.29, 0.717) is 12.6 Å². The molecule has 0 atom stereocenters. The first-order valence-corrected chi connectivity index (χ1v) is 5.74. The van der Waals surface area contributed by atoms with Crippen LogP contribution in [0.4, 0.5) is 0 Å². The third-order valence-electron chi connectivity index (χ3n) is 1.74. The van der Waals surface area contributed by atoms with Crippen LogP contribution in [0.3, 0.4) is 0 Å². The van der Waals surface area contributed by atoms with Crippen LogP contribution in [0, 0.1) is 6.92 Å². The standard InChI is InChI=1S/C10H17N3O.C2H6/c1-9-7-11-10(12-8-9)14-6-4-5-13(2)3;1-2/h7-8H,4-6H2,1-3H3;1-2H3. The van der Waals surface area contributed by atoms with Crippen molar-refractivity contribution in [2.75, 3.05) is 27.2 Å². The average Bonchev–Trinajstić information content (AvgIpc) is 2.29. The van der Waals surface area contributed by atoms with Gasteiger partial charge in [-0.1, -0.05) is 13.8 Å². The zero-order chi connectivity index (χ0) is 12.4. The lowest BCUT2D eigenvalue weighted by molar-refractivity contribution is 0.263. The molecule has 1 aromatic rings. The van der Waals surface area contributed by atoms with E-state index in [4.69, 9.17) is 4.74 Å². The van der Waals surface area contributed by atoms with Crippen molar-refractivity contribution in [2.45, 2.75) is 27.2 Å². The van der Waals surface area contributed by atoms with Crippen molar-refractivity contribution in [1.82, 2.24) is 14.9 Å². The lowest BCUT2D eigenvalue weighted by atomic mass is 10.4. The van der Waals surface area contributed by atoms with Crippen LogP contribution in [-0.2, 0) is 0 Å². The quantitative estimate of drug-likeness (QED) is 0.720. The highest BCUT2D eigenvalue weighted by atomic mass is 16.5. The van der Waals surface area contributed by atoms with Crippen LogP contribution in [0.15, 0.2) is 12.4 Å². The van der Waals surface area contributed by atoms with E-state index in [0.717, 1.165) is 18.5 Å². The van der Waals surface area contributed by atoms with Gasteiger partial charge in [0.1, 0.15) is 0 Å². The molecule has 0 saturated heterocycles. The minimum atomic E-state index is 0.467. The summed E-state index contributed by atoms with van der Waals surface area (Å²) >= 11 is 0. The van der Waals surface area contributed by atoms with Crippen LogP contribution in [0.5, 0.6) is 6.01 Å². The molecule has 0 radical (unpaired) electrons. The molecule has 0 bridgehead atoms. The second-order valence-electron chi connectivity index (χ2n) is 3.55. The minimum absolute atomic E-state index is 0.467. The Kier molecular flexibility index (Phi) is 8.43. The summed E-state index contributed by atoms with van der Waals surface area (Å²) in [6.07, 6.45) is 4.51.